The Hall–Kier alpha value is -0.420. The van der Waals surface area contributed by atoms with Crippen molar-refractivity contribution in [2.75, 3.05) is 25.4 Å². The molecule has 1 aliphatic heterocycles. The van der Waals surface area contributed by atoms with Gasteiger partial charge in [-0.15, -0.1) is 0 Å². The summed E-state index contributed by atoms with van der Waals surface area (Å²) in [5.41, 5.74) is 5.25. The Morgan fingerprint density at radius 1 is 1.54 bits per heavy atom. The summed E-state index contributed by atoms with van der Waals surface area (Å²) in [6.45, 7) is 1.82. The maximum Gasteiger partial charge on any atom is 0.314 e. The number of carbonyl (C=O) groups is 1. The van der Waals surface area contributed by atoms with Crippen LogP contribution in [0.3, 0.4) is 0 Å². The van der Waals surface area contributed by atoms with E-state index in [4.69, 9.17) is 5.73 Å². The second-order valence-corrected chi connectivity index (χ2v) is 4.47. The van der Waals surface area contributed by atoms with Gasteiger partial charge in [-0.1, -0.05) is 0 Å². The van der Waals surface area contributed by atoms with Gasteiger partial charge in [0.2, 0.25) is 0 Å². The number of nitrogens with two attached hydrogens (primary N) is 1. The molecule has 0 radical (unpaired) electrons. The van der Waals surface area contributed by atoms with Gasteiger partial charge in [-0.25, -0.2) is 4.79 Å². The Morgan fingerprint density at radius 3 is 3.00 bits per heavy atom. The molecule has 1 aliphatic rings. The van der Waals surface area contributed by atoms with E-state index < -0.39 is 0 Å². The summed E-state index contributed by atoms with van der Waals surface area (Å²) in [4.78, 5) is 11.1. The summed E-state index contributed by atoms with van der Waals surface area (Å²) in [5.74, 6) is 1.23. The number of amides is 2. The Labute approximate surface area is 83.0 Å². The summed E-state index contributed by atoms with van der Waals surface area (Å²) in [5, 5.41) is 6.12. The summed E-state index contributed by atoms with van der Waals surface area (Å²) in [6, 6.07) is -0.0991. The van der Waals surface area contributed by atoms with Gasteiger partial charge in [0.15, 0.2) is 0 Å². The number of hydrogen-bond donors (Lipinski definition) is 3. The molecule has 0 bridgehead atoms. The molecule has 5 heteroatoms. The van der Waals surface area contributed by atoms with Crippen LogP contribution in [0, 0.1) is 0 Å². The molecule has 1 fully saturated rings. The molecule has 0 aromatic carbocycles. The van der Waals surface area contributed by atoms with Gasteiger partial charge in [0, 0.05) is 24.9 Å². The minimum atomic E-state index is -0.0991. The van der Waals surface area contributed by atoms with E-state index in [2.05, 4.69) is 10.6 Å². The molecule has 76 valence electrons. The molecule has 0 spiro atoms. The molecule has 2 amide bonds. The van der Waals surface area contributed by atoms with Crippen LogP contribution in [0.1, 0.15) is 12.8 Å². The number of urea groups is 1. The normalized spacial score (nSPS) is 21.5. The summed E-state index contributed by atoms with van der Waals surface area (Å²) < 4.78 is 0. The zero-order valence-electron chi connectivity index (χ0n) is 7.71. The summed E-state index contributed by atoms with van der Waals surface area (Å²) >= 11 is 1.94. The molecule has 1 saturated heterocycles. The number of thioether (sulfide) groups is 1. The first-order chi connectivity index (χ1) is 6.33. The second kappa shape index (κ2) is 6.10. The van der Waals surface area contributed by atoms with Gasteiger partial charge < -0.3 is 16.4 Å². The lowest BCUT2D eigenvalue weighted by Gasteiger charge is -2.10. The molecular formula is C8H17N3OS. The van der Waals surface area contributed by atoms with Crippen LogP contribution in [-0.2, 0) is 0 Å². The SMILES string of the molecule is NCCNC(=O)NCC1CCCS1. The standard InChI is InChI=1S/C8H17N3OS/c9-3-4-10-8(12)11-6-7-2-1-5-13-7/h7H,1-6,9H2,(H2,10,11,12). The van der Waals surface area contributed by atoms with Crippen molar-refractivity contribution < 1.29 is 4.79 Å². The third kappa shape index (κ3) is 4.38. The third-order valence-electron chi connectivity index (χ3n) is 1.94. The Bertz CT molecular complexity index is 159. The average Bonchev–Trinajstić information content (AvgIpc) is 2.64. The first-order valence-electron chi connectivity index (χ1n) is 4.66. The molecule has 1 atom stereocenters. The largest absolute Gasteiger partial charge is 0.337 e. The predicted molar refractivity (Wildman–Crippen MR) is 55.9 cm³/mol. The van der Waals surface area contributed by atoms with E-state index in [-0.39, 0.29) is 6.03 Å². The number of rotatable bonds is 4. The smallest absolute Gasteiger partial charge is 0.314 e. The van der Waals surface area contributed by atoms with E-state index in [1.807, 2.05) is 11.8 Å². The zero-order chi connectivity index (χ0) is 9.52. The van der Waals surface area contributed by atoms with Crippen molar-refractivity contribution in [3.8, 4) is 0 Å². The van der Waals surface area contributed by atoms with Gasteiger partial charge >= 0.3 is 6.03 Å². The van der Waals surface area contributed by atoms with E-state index in [9.17, 15) is 4.79 Å². The molecule has 4 nitrogen and oxygen atoms in total. The highest BCUT2D eigenvalue weighted by Gasteiger charge is 2.15. The highest BCUT2D eigenvalue weighted by atomic mass is 32.2. The van der Waals surface area contributed by atoms with Crippen molar-refractivity contribution in [1.82, 2.24) is 10.6 Å². The lowest BCUT2D eigenvalue weighted by Crippen LogP contribution is -2.40. The summed E-state index contributed by atoms with van der Waals surface area (Å²) in [6.07, 6.45) is 2.50. The summed E-state index contributed by atoms with van der Waals surface area (Å²) in [7, 11) is 0. The van der Waals surface area contributed by atoms with Crippen molar-refractivity contribution in [2.45, 2.75) is 18.1 Å². The maximum atomic E-state index is 11.1. The van der Waals surface area contributed by atoms with Crippen LogP contribution >= 0.6 is 11.8 Å². The quantitative estimate of drug-likeness (QED) is 0.609. The zero-order valence-corrected chi connectivity index (χ0v) is 8.53. The molecule has 13 heavy (non-hydrogen) atoms. The lowest BCUT2D eigenvalue weighted by molar-refractivity contribution is 0.241. The van der Waals surface area contributed by atoms with Crippen molar-refractivity contribution >= 4 is 17.8 Å². The van der Waals surface area contributed by atoms with E-state index in [0.717, 1.165) is 6.54 Å². The van der Waals surface area contributed by atoms with Gasteiger partial charge in [0.25, 0.3) is 0 Å². The first-order valence-corrected chi connectivity index (χ1v) is 5.71. The molecular weight excluding hydrogens is 186 g/mol. The first kappa shape index (κ1) is 10.7. The molecule has 4 N–H and O–H groups in total. The van der Waals surface area contributed by atoms with Gasteiger partial charge in [0.1, 0.15) is 0 Å². The van der Waals surface area contributed by atoms with Crippen LogP contribution < -0.4 is 16.4 Å². The van der Waals surface area contributed by atoms with Crippen molar-refractivity contribution in [3.05, 3.63) is 0 Å². The van der Waals surface area contributed by atoms with Crippen LogP contribution in [0.5, 0.6) is 0 Å². The van der Waals surface area contributed by atoms with Crippen LogP contribution in [0.4, 0.5) is 4.79 Å². The van der Waals surface area contributed by atoms with Crippen molar-refractivity contribution in [1.29, 1.82) is 0 Å². The van der Waals surface area contributed by atoms with Crippen molar-refractivity contribution in [3.63, 3.8) is 0 Å². The van der Waals surface area contributed by atoms with Gasteiger partial charge in [-0.05, 0) is 18.6 Å². The molecule has 0 aromatic heterocycles. The molecule has 1 rings (SSSR count). The van der Waals surface area contributed by atoms with Crippen LogP contribution in [-0.4, -0.2) is 36.7 Å². The molecule has 1 unspecified atom stereocenters. The lowest BCUT2D eigenvalue weighted by atomic mass is 10.2. The number of hydrogen-bond acceptors (Lipinski definition) is 3. The number of nitrogens with one attached hydrogen (secondary N) is 2. The highest BCUT2D eigenvalue weighted by molar-refractivity contribution is 8.00. The number of carbonyl (C=O) groups excluding carboxylic acids is 1. The second-order valence-electron chi connectivity index (χ2n) is 3.06. The Morgan fingerprint density at radius 2 is 2.38 bits per heavy atom. The third-order valence-corrected chi connectivity index (χ3v) is 3.34. The highest BCUT2D eigenvalue weighted by Crippen LogP contribution is 2.24. The fourth-order valence-corrected chi connectivity index (χ4v) is 2.46. The van der Waals surface area contributed by atoms with Gasteiger partial charge in [-0.2, -0.15) is 11.8 Å². The predicted octanol–water partition coefficient (Wildman–Crippen LogP) is 0.140. The van der Waals surface area contributed by atoms with E-state index in [0.29, 0.717) is 18.3 Å². The molecule has 0 aliphatic carbocycles. The molecule has 1 heterocycles. The van der Waals surface area contributed by atoms with Gasteiger partial charge in [-0.3, -0.25) is 0 Å². The Kier molecular flexibility index (Phi) is 5.00. The average molecular weight is 203 g/mol. The minimum Gasteiger partial charge on any atom is -0.337 e. The fourth-order valence-electron chi connectivity index (χ4n) is 1.26. The van der Waals surface area contributed by atoms with Crippen LogP contribution in [0.15, 0.2) is 0 Å². The van der Waals surface area contributed by atoms with E-state index in [1.54, 1.807) is 0 Å². The molecule has 0 aromatic rings. The van der Waals surface area contributed by atoms with Crippen LogP contribution in [0.25, 0.3) is 0 Å². The van der Waals surface area contributed by atoms with E-state index in [1.165, 1.54) is 18.6 Å². The maximum absolute atomic E-state index is 11.1. The molecule has 0 saturated carbocycles. The van der Waals surface area contributed by atoms with Crippen LogP contribution in [0.2, 0.25) is 0 Å². The van der Waals surface area contributed by atoms with Gasteiger partial charge in [0.05, 0.1) is 0 Å². The minimum absolute atomic E-state index is 0.0991. The van der Waals surface area contributed by atoms with E-state index >= 15 is 0 Å². The topological polar surface area (TPSA) is 67.1 Å². The Balaban J connectivity index is 2.00. The monoisotopic (exact) mass is 203 g/mol. The fraction of sp³-hybridized carbons (Fsp3) is 0.875. The van der Waals surface area contributed by atoms with Crippen molar-refractivity contribution in [2.24, 2.45) is 5.73 Å².